The molecular weight excluding hydrogens is 283 g/mol. The smallest absolute Gasteiger partial charge is 0.290 e. The maximum atomic E-state index is 11.9. The van der Waals surface area contributed by atoms with Crippen molar-refractivity contribution in [3.05, 3.63) is 58.3 Å². The largest absolute Gasteiger partial charge is 0.320 e. The van der Waals surface area contributed by atoms with Crippen molar-refractivity contribution in [2.75, 3.05) is 5.32 Å². The van der Waals surface area contributed by atoms with E-state index in [1.165, 1.54) is 0 Å². The van der Waals surface area contributed by atoms with Gasteiger partial charge in [0.05, 0.1) is 0 Å². The zero-order chi connectivity index (χ0) is 13.8. The van der Waals surface area contributed by atoms with Crippen LogP contribution in [0.2, 0.25) is 10.0 Å². The van der Waals surface area contributed by atoms with E-state index in [4.69, 9.17) is 23.2 Å². The average molecular weight is 296 g/mol. The van der Waals surface area contributed by atoms with Gasteiger partial charge in [-0.2, -0.15) is 4.57 Å². The Kier molecular flexibility index (Phi) is 4.40. The van der Waals surface area contributed by atoms with Crippen molar-refractivity contribution in [2.45, 2.75) is 13.5 Å². The van der Waals surface area contributed by atoms with E-state index in [1.807, 2.05) is 35.9 Å². The predicted octanol–water partition coefficient (Wildman–Crippen LogP) is 3.23. The number of aryl methyl sites for hydroxylation is 1. The molecule has 5 heteroatoms. The van der Waals surface area contributed by atoms with Crippen LogP contribution in [0.1, 0.15) is 5.69 Å². The molecule has 1 N–H and O–H groups in total. The van der Waals surface area contributed by atoms with Crippen LogP contribution in [0.3, 0.4) is 0 Å². The van der Waals surface area contributed by atoms with Crippen LogP contribution in [0, 0.1) is 6.92 Å². The third-order valence-corrected chi connectivity index (χ3v) is 3.06. The van der Waals surface area contributed by atoms with Gasteiger partial charge in [-0.05, 0) is 18.2 Å². The maximum absolute atomic E-state index is 11.9. The van der Waals surface area contributed by atoms with E-state index in [1.54, 1.807) is 18.2 Å². The fourth-order valence-electron chi connectivity index (χ4n) is 1.72. The molecule has 0 fully saturated rings. The molecule has 19 heavy (non-hydrogen) atoms. The van der Waals surface area contributed by atoms with Crippen molar-refractivity contribution in [3.63, 3.8) is 0 Å². The maximum Gasteiger partial charge on any atom is 0.290 e. The monoisotopic (exact) mass is 295 g/mol. The second-order valence-corrected chi connectivity index (χ2v) is 5.05. The first kappa shape index (κ1) is 13.8. The van der Waals surface area contributed by atoms with Gasteiger partial charge in [-0.3, -0.25) is 4.79 Å². The first-order chi connectivity index (χ1) is 9.04. The zero-order valence-electron chi connectivity index (χ0n) is 10.4. The molecule has 0 unspecified atom stereocenters. The molecule has 1 aromatic carbocycles. The number of carbonyl (C=O) groups is 1. The van der Waals surface area contributed by atoms with Crippen LogP contribution in [0.15, 0.2) is 42.6 Å². The second kappa shape index (κ2) is 6.04. The minimum absolute atomic E-state index is 0.127. The molecule has 0 saturated heterocycles. The Bertz CT molecular complexity index is 594. The lowest BCUT2D eigenvalue weighted by molar-refractivity contribution is -0.690. The van der Waals surface area contributed by atoms with E-state index >= 15 is 0 Å². The highest BCUT2D eigenvalue weighted by Crippen LogP contribution is 2.22. The molecule has 1 amide bonds. The van der Waals surface area contributed by atoms with Crippen LogP contribution >= 0.6 is 23.2 Å². The van der Waals surface area contributed by atoms with Crippen LogP contribution in [-0.4, -0.2) is 5.91 Å². The molecule has 0 atom stereocenters. The van der Waals surface area contributed by atoms with Crippen molar-refractivity contribution in [3.8, 4) is 0 Å². The average Bonchev–Trinajstić information content (AvgIpc) is 2.30. The van der Waals surface area contributed by atoms with Gasteiger partial charge in [-0.15, -0.1) is 0 Å². The topological polar surface area (TPSA) is 33.0 Å². The summed E-state index contributed by atoms with van der Waals surface area (Å²) >= 11 is 11.8. The predicted molar refractivity (Wildman–Crippen MR) is 76.5 cm³/mol. The molecule has 1 heterocycles. The summed E-state index contributed by atoms with van der Waals surface area (Å²) in [5.74, 6) is -0.127. The van der Waals surface area contributed by atoms with Crippen molar-refractivity contribution in [2.24, 2.45) is 0 Å². The molecule has 0 spiro atoms. The summed E-state index contributed by atoms with van der Waals surface area (Å²) < 4.78 is 1.86. The van der Waals surface area contributed by atoms with E-state index in [0.717, 1.165) is 5.69 Å². The number of halogens is 2. The molecule has 2 rings (SSSR count). The summed E-state index contributed by atoms with van der Waals surface area (Å²) in [7, 11) is 0. The van der Waals surface area contributed by atoms with Crippen LogP contribution in [0.4, 0.5) is 5.69 Å². The van der Waals surface area contributed by atoms with E-state index in [-0.39, 0.29) is 12.5 Å². The molecule has 0 aliphatic rings. The van der Waals surface area contributed by atoms with Gasteiger partial charge in [0.1, 0.15) is 0 Å². The number of pyridine rings is 1. The van der Waals surface area contributed by atoms with E-state index < -0.39 is 0 Å². The second-order valence-electron chi connectivity index (χ2n) is 4.18. The van der Waals surface area contributed by atoms with Gasteiger partial charge in [0.2, 0.25) is 6.54 Å². The minimum Gasteiger partial charge on any atom is -0.320 e. The molecule has 0 bridgehead atoms. The number of nitrogens with one attached hydrogen (secondary N) is 1. The Balaban J connectivity index is 2.07. The number of hydrogen-bond donors (Lipinski definition) is 1. The van der Waals surface area contributed by atoms with E-state index in [0.29, 0.717) is 15.7 Å². The molecule has 2 aromatic rings. The highest BCUT2D eigenvalue weighted by molar-refractivity contribution is 6.35. The number of aromatic nitrogens is 1. The lowest BCUT2D eigenvalue weighted by Crippen LogP contribution is -2.42. The molecule has 0 saturated carbocycles. The third-order valence-electron chi connectivity index (χ3n) is 2.63. The van der Waals surface area contributed by atoms with Gasteiger partial charge < -0.3 is 5.32 Å². The third kappa shape index (κ3) is 3.94. The number of rotatable bonds is 3. The van der Waals surface area contributed by atoms with Crippen molar-refractivity contribution < 1.29 is 9.36 Å². The quantitative estimate of drug-likeness (QED) is 0.867. The lowest BCUT2D eigenvalue weighted by Gasteiger charge is -2.05. The Hall–Kier alpha value is -1.58. The lowest BCUT2D eigenvalue weighted by atomic mass is 10.3. The highest BCUT2D eigenvalue weighted by Gasteiger charge is 2.12. The molecule has 0 radical (unpaired) electrons. The number of carbonyl (C=O) groups excluding carboxylic acids is 1. The Morgan fingerprint density at radius 1 is 1.21 bits per heavy atom. The van der Waals surface area contributed by atoms with Crippen LogP contribution in [0.5, 0.6) is 0 Å². The molecular formula is C14H13Cl2N2O+. The summed E-state index contributed by atoms with van der Waals surface area (Å²) in [5, 5.41) is 3.75. The fraction of sp³-hybridized carbons (Fsp3) is 0.143. The number of hydrogen-bond acceptors (Lipinski definition) is 1. The van der Waals surface area contributed by atoms with Gasteiger partial charge in [-0.1, -0.05) is 29.3 Å². The number of amides is 1. The first-order valence-electron chi connectivity index (χ1n) is 5.75. The first-order valence-corrected chi connectivity index (χ1v) is 6.51. The van der Waals surface area contributed by atoms with E-state index in [9.17, 15) is 4.79 Å². The van der Waals surface area contributed by atoms with Gasteiger partial charge in [0, 0.05) is 34.8 Å². The van der Waals surface area contributed by atoms with Gasteiger partial charge in [0.25, 0.3) is 5.91 Å². The van der Waals surface area contributed by atoms with Crippen molar-refractivity contribution in [1.29, 1.82) is 0 Å². The van der Waals surface area contributed by atoms with Gasteiger partial charge >= 0.3 is 0 Å². The minimum atomic E-state index is -0.127. The number of nitrogens with zero attached hydrogens (tertiary/aromatic N) is 1. The Labute approximate surface area is 121 Å². The molecule has 98 valence electrons. The summed E-state index contributed by atoms with van der Waals surface area (Å²) in [6.07, 6.45) is 1.86. The normalized spacial score (nSPS) is 10.3. The molecule has 1 aromatic heterocycles. The van der Waals surface area contributed by atoms with Gasteiger partial charge in [-0.25, -0.2) is 0 Å². The van der Waals surface area contributed by atoms with Crippen molar-refractivity contribution in [1.82, 2.24) is 0 Å². The fourth-order valence-corrected chi connectivity index (χ4v) is 2.25. The number of anilines is 1. The molecule has 3 nitrogen and oxygen atoms in total. The highest BCUT2D eigenvalue weighted by atomic mass is 35.5. The summed E-state index contributed by atoms with van der Waals surface area (Å²) in [6.45, 7) is 2.19. The standard InChI is InChI=1S/C14H12Cl2N2O/c1-10-4-2-3-5-18(10)9-14(19)17-13-7-11(15)6-12(16)8-13/h2-8H,9H2,1H3/p+1. The number of benzene rings is 1. The van der Waals surface area contributed by atoms with Crippen LogP contribution in [0.25, 0.3) is 0 Å². The van der Waals surface area contributed by atoms with Crippen LogP contribution < -0.4 is 9.88 Å². The van der Waals surface area contributed by atoms with Gasteiger partial charge in [0.15, 0.2) is 11.9 Å². The van der Waals surface area contributed by atoms with Crippen molar-refractivity contribution >= 4 is 34.8 Å². The van der Waals surface area contributed by atoms with E-state index in [2.05, 4.69) is 5.32 Å². The summed E-state index contributed by atoms with van der Waals surface area (Å²) in [6, 6.07) is 10.7. The molecule has 0 aliphatic heterocycles. The summed E-state index contributed by atoms with van der Waals surface area (Å²) in [5.41, 5.74) is 1.61. The molecule has 0 aliphatic carbocycles. The summed E-state index contributed by atoms with van der Waals surface area (Å²) in [4.78, 5) is 11.9. The Morgan fingerprint density at radius 3 is 2.53 bits per heavy atom. The SMILES string of the molecule is Cc1cccc[n+]1CC(=O)Nc1cc(Cl)cc(Cl)c1. The Morgan fingerprint density at radius 2 is 1.89 bits per heavy atom. The zero-order valence-corrected chi connectivity index (χ0v) is 11.9. The van der Waals surface area contributed by atoms with Crippen LogP contribution in [-0.2, 0) is 11.3 Å².